The third kappa shape index (κ3) is 4.49. The topological polar surface area (TPSA) is 112 Å². The van der Waals surface area contributed by atoms with E-state index in [4.69, 9.17) is 10.5 Å². The van der Waals surface area contributed by atoms with Gasteiger partial charge in [-0.25, -0.2) is 4.98 Å². The molecule has 0 saturated carbocycles. The molecule has 0 radical (unpaired) electrons. The average molecular weight is 422 g/mol. The van der Waals surface area contributed by atoms with Crippen molar-refractivity contribution in [1.29, 1.82) is 0 Å². The molecule has 0 bridgehead atoms. The molecule has 0 aliphatic carbocycles. The van der Waals surface area contributed by atoms with Crippen LogP contribution in [0.25, 0.3) is 5.69 Å². The molecule has 2 aromatic heterocycles. The number of ether oxygens (including phenoxy) is 1. The van der Waals surface area contributed by atoms with Crippen LogP contribution in [0.2, 0.25) is 0 Å². The lowest BCUT2D eigenvalue weighted by Crippen LogP contribution is -2.31. The zero-order valence-electron chi connectivity index (χ0n) is 18.4. The smallest absolute Gasteiger partial charge is 0.272 e. The lowest BCUT2D eigenvalue weighted by Gasteiger charge is -2.18. The molecule has 31 heavy (non-hydrogen) atoms. The molecule has 8 nitrogen and oxygen atoms in total. The quantitative estimate of drug-likeness (QED) is 0.631. The minimum Gasteiger partial charge on any atom is -0.383 e. The number of carbonyl (C=O) groups is 1. The van der Waals surface area contributed by atoms with Gasteiger partial charge in [-0.15, -0.1) is 0 Å². The molecule has 2 heterocycles. The van der Waals surface area contributed by atoms with Crippen molar-refractivity contribution >= 4 is 17.4 Å². The summed E-state index contributed by atoms with van der Waals surface area (Å²) >= 11 is 0. The van der Waals surface area contributed by atoms with E-state index in [0.717, 1.165) is 28.7 Å². The Labute approximate surface area is 181 Å². The Hall–Kier alpha value is -3.52. The predicted molar refractivity (Wildman–Crippen MR) is 121 cm³/mol. The number of nitrogens with one attached hydrogen (secondary N) is 1. The summed E-state index contributed by atoms with van der Waals surface area (Å²) in [5.74, 6) is -0.752. The van der Waals surface area contributed by atoms with Gasteiger partial charge in [0.15, 0.2) is 0 Å². The van der Waals surface area contributed by atoms with Crippen LogP contribution in [-0.2, 0) is 11.2 Å². The van der Waals surface area contributed by atoms with E-state index in [2.05, 4.69) is 15.3 Å². The van der Waals surface area contributed by atoms with Gasteiger partial charge in [-0.1, -0.05) is 19.1 Å². The van der Waals surface area contributed by atoms with Crippen LogP contribution in [-0.4, -0.2) is 27.6 Å². The number of methoxy groups -OCH3 is 1. The summed E-state index contributed by atoms with van der Waals surface area (Å²) in [6.07, 6.45) is 5.28. The van der Waals surface area contributed by atoms with Crippen LogP contribution < -0.4 is 16.6 Å². The van der Waals surface area contributed by atoms with Crippen LogP contribution in [0, 0.1) is 13.8 Å². The van der Waals surface area contributed by atoms with Crippen molar-refractivity contribution in [2.45, 2.75) is 40.2 Å². The van der Waals surface area contributed by atoms with Gasteiger partial charge in [-0.2, -0.15) is 0 Å². The molecule has 1 amide bonds. The van der Waals surface area contributed by atoms with Gasteiger partial charge in [0.25, 0.3) is 11.5 Å². The molecule has 3 rings (SSSR count). The highest BCUT2D eigenvalue weighted by molar-refractivity contribution is 6.06. The molecule has 3 N–H and O–H groups in total. The van der Waals surface area contributed by atoms with Crippen LogP contribution >= 0.6 is 0 Å². The first kappa shape index (κ1) is 22.2. The van der Waals surface area contributed by atoms with E-state index in [0.29, 0.717) is 11.4 Å². The van der Waals surface area contributed by atoms with E-state index in [-0.39, 0.29) is 17.5 Å². The first-order valence-electron chi connectivity index (χ1n) is 10.0. The third-order valence-electron chi connectivity index (χ3n) is 5.27. The summed E-state index contributed by atoms with van der Waals surface area (Å²) in [5.41, 5.74) is 10.0. The standard InChI is InChI=1S/C23H27N5O3/c1-6-16-9-18(11-25-10-16)27-22(29)19-21(24)26-12-28(23(19)30)20-13(2)7-17(8-14(20)3)15(4)31-5/h7-12,15H,6,24H2,1-5H3,(H,27,29). The van der Waals surface area contributed by atoms with Gasteiger partial charge in [0.1, 0.15) is 17.7 Å². The molecule has 0 fully saturated rings. The Balaban J connectivity index is 2.05. The predicted octanol–water partition coefficient (Wildman–Crippen LogP) is 3.35. The van der Waals surface area contributed by atoms with Crippen molar-refractivity contribution in [3.63, 3.8) is 0 Å². The van der Waals surface area contributed by atoms with Crippen LogP contribution in [0.3, 0.4) is 0 Å². The first-order valence-corrected chi connectivity index (χ1v) is 10.0. The molecule has 0 aliphatic rings. The lowest BCUT2D eigenvalue weighted by atomic mass is 10.0. The van der Waals surface area contributed by atoms with E-state index in [1.54, 1.807) is 19.4 Å². The summed E-state index contributed by atoms with van der Waals surface area (Å²) < 4.78 is 6.76. The molecule has 0 aliphatic heterocycles. The number of nitrogens with two attached hydrogens (primary N) is 1. The number of nitrogen functional groups attached to an aromatic ring is 1. The fourth-order valence-electron chi connectivity index (χ4n) is 3.52. The number of anilines is 2. The minimum absolute atomic E-state index is 0.0819. The second-order valence-electron chi connectivity index (χ2n) is 7.45. The fourth-order valence-corrected chi connectivity index (χ4v) is 3.52. The number of aromatic nitrogens is 3. The molecular weight excluding hydrogens is 394 g/mol. The molecule has 0 spiro atoms. The Morgan fingerprint density at radius 2 is 1.90 bits per heavy atom. The van der Waals surface area contributed by atoms with Crippen molar-refractivity contribution in [2.24, 2.45) is 0 Å². The summed E-state index contributed by atoms with van der Waals surface area (Å²) in [7, 11) is 1.65. The van der Waals surface area contributed by atoms with Crippen molar-refractivity contribution in [3.05, 3.63) is 75.1 Å². The van der Waals surface area contributed by atoms with Crippen molar-refractivity contribution in [3.8, 4) is 5.69 Å². The van der Waals surface area contributed by atoms with Gasteiger partial charge < -0.3 is 15.8 Å². The average Bonchev–Trinajstić information content (AvgIpc) is 2.74. The van der Waals surface area contributed by atoms with E-state index in [9.17, 15) is 9.59 Å². The van der Waals surface area contributed by atoms with Crippen molar-refractivity contribution in [1.82, 2.24) is 14.5 Å². The maximum absolute atomic E-state index is 13.3. The Morgan fingerprint density at radius 3 is 2.52 bits per heavy atom. The number of aryl methyl sites for hydroxylation is 3. The monoisotopic (exact) mass is 421 g/mol. The molecule has 8 heteroatoms. The van der Waals surface area contributed by atoms with Gasteiger partial charge in [0.2, 0.25) is 0 Å². The van der Waals surface area contributed by atoms with Crippen LogP contribution in [0.1, 0.15) is 52.6 Å². The Morgan fingerprint density at radius 1 is 1.23 bits per heavy atom. The van der Waals surface area contributed by atoms with Gasteiger partial charge in [0, 0.05) is 13.3 Å². The second kappa shape index (κ2) is 9.09. The summed E-state index contributed by atoms with van der Waals surface area (Å²) in [6, 6.07) is 5.72. The fraction of sp³-hybridized carbons (Fsp3) is 0.304. The largest absolute Gasteiger partial charge is 0.383 e. The number of hydrogen-bond acceptors (Lipinski definition) is 6. The van der Waals surface area contributed by atoms with Gasteiger partial charge >= 0.3 is 0 Å². The maximum atomic E-state index is 13.3. The van der Waals surface area contributed by atoms with Crippen LogP contribution in [0.15, 0.2) is 41.7 Å². The van der Waals surface area contributed by atoms with Crippen molar-refractivity contribution in [2.75, 3.05) is 18.2 Å². The lowest BCUT2D eigenvalue weighted by molar-refractivity contribution is 0.102. The van der Waals surface area contributed by atoms with E-state index in [1.807, 2.05) is 39.8 Å². The highest BCUT2D eigenvalue weighted by Gasteiger charge is 2.21. The number of rotatable bonds is 6. The number of nitrogens with zero attached hydrogens (tertiary/aromatic N) is 3. The number of hydrogen-bond donors (Lipinski definition) is 2. The van der Waals surface area contributed by atoms with Gasteiger partial charge in [0.05, 0.1) is 23.7 Å². The maximum Gasteiger partial charge on any atom is 0.272 e. The van der Waals surface area contributed by atoms with E-state index < -0.39 is 11.5 Å². The highest BCUT2D eigenvalue weighted by Crippen LogP contribution is 2.25. The molecule has 3 aromatic rings. The normalized spacial score (nSPS) is 11.9. The number of carbonyl (C=O) groups excluding carboxylic acids is 1. The molecule has 1 unspecified atom stereocenters. The van der Waals surface area contributed by atoms with Gasteiger partial charge in [-0.3, -0.25) is 19.1 Å². The molecule has 162 valence electrons. The highest BCUT2D eigenvalue weighted by atomic mass is 16.5. The second-order valence-corrected chi connectivity index (χ2v) is 7.45. The zero-order chi connectivity index (χ0) is 22.7. The Bertz CT molecular complexity index is 1160. The Kier molecular flexibility index (Phi) is 6.50. The van der Waals surface area contributed by atoms with Crippen molar-refractivity contribution < 1.29 is 9.53 Å². The molecule has 0 saturated heterocycles. The molecule has 1 atom stereocenters. The third-order valence-corrected chi connectivity index (χ3v) is 5.27. The first-order chi connectivity index (χ1) is 14.8. The SMILES string of the molecule is CCc1cncc(NC(=O)c2c(N)ncn(-c3c(C)cc(C(C)OC)cc3C)c2=O)c1. The minimum atomic E-state index is -0.626. The summed E-state index contributed by atoms with van der Waals surface area (Å²) in [5, 5.41) is 2.70. The summed E-state index contributed by atoms with van der Waals surface area (Å²) in [6.45, 7) is 7.75. The number of pyridine rings is 1. The summed E-state index contributed by atoms with van der Waals surface area (Å²) in [4.78, 5) is 34.4. The number of benzene rings is 1. The number of amides is 1. The van der Waals surface area contributed by atoms with Crippen LogP contribution in [0.5, 0.6) is 0 Å². The van der Waals surface area contributed by atoms with E-state index in [1.165, 1.54) is 17.1 Å². The van der Waals surface area contributed by atoms with Crippen LogP contribution in [0.4, 0.5) is 11.5 Å². The van der Waals surface area contributed by atoms with Gasteiger partial charge in [-0.05, 0) is 55.5 Å². The molecular formula is C23H27N5O3. The van der Waals surface area contributed by atoms with E-state index >= 15 is 0 Å². The molecule has 1 aromatic carbocycles. The zero-order valence-corrected chi connectivity index (χ0v) is 18.4.